The van der Waals surface area contributed by atoms with Crippen molar-refractivity contribution in [2.24, 2.45) is 0 Å². The largest absolute Gasteiger partial charge is 0.495 e. The van der Waals surface area contributed by atoms with Crippen LogP contribution in [0.25, 0.3) is 0 Å². The average Bonchev–Trinajstić information content (AvgIpc) is 2.82. The molecule has 11 heteroatoms. The molecule has 0 aliphatic carbocycles. The minimum atomic E-state index is -0.589. The average molecular weight is 564 g/mol. The summed E-state index contributed by atoms with van der Waals surface area (Å²) in [5, 5.41) is 9.21. The molecule has 0 unspecified atom stereocenters. The topological polar surface area (TPSA) is 107 Å². The van der Waals surface area contributed by atoms with Crippen molar-refractivity contribution in [2.45, 2.75) is 19.9 Å². The van der Waals surface area contributed by atoms with Crippen LogP contribution in [0.1, 0.15) is 25.5 Å². The third-order valence-corrected chi connectivity index (χ3v) is 6.00. The SMILES string of the molecule is CCOC(=O)C1=C(C)NC(=S)N[C@H]1c1cc(OC)c(OCC(=O)Nc2ccccc2OC)cc1Br. The van der Waals surface area contributed by atoms with Crippen molar-refractivity contribution in [3.05, 3.63) is 57.7 Å². The molecule has 3 N–H and O–H groups in total. The van der Waals surface area contributed by atoms with E-state index in [9.17, 15) is 9.59 Å². The third kappa shape index (κ3) is 6.23. The fraction of sp³-hybridized carbons (Fsp3) is 0.292. The maximum absolute atomic E-state index is 12.7. The van der Waals surface area contributed by atoms with E-state index in [0.29, 0.717) is 49.4 Å². The van der Waals surface area contributed by atoms with Crippen LogP contribution in [-0.4, -0.2) is 44.4 Å². The van der Waals surface area contributed by atoms with Gasteiger partial charge in [-0.05, 0) is 55.9 Å². The lowest BCUT2D eigenvalue weighted by Gasteiger charge is -2.30. The fourth-order valence-corrected chi connectivity index (χ4v) is 4.35. The zero-order valence-corrected chi connectivity index (χ0v) is 22.1. The van der Waals surface area contributed by atoms with E-state index in [1.807, 2.05) is 6.07 Å². The van der Waals surface area contributed by atoms with Gasteiger partial charge in [-0.1, -0.05) is 28.1 Å². The Morgan fingerprint density at radius 3 is 2.51 bits per heavy atom. The van der Waals surface area contributed by atoms with Crippen molar-refractivity contribution in [2.75, 3.05) is 32.8 Å². The highest BCUT2D eigenvalue weighted by molar-refractivity contribution is 9.10. The van der Waals surface area contributed by atoms with Crippen molar-refractivity contribution in [1.29, 1.82) is 0 Å². The van der Waals surface area contributed by atoms with Gasteiger partial charge in [-0.15, -0.1) is 0 Å². The van der Waals surface area contributed by atoms with Gasteiger partial charge in [-0.25, -0.2) is 4.79 Å². The van der Waals surface area contributed by atoms with Crippen LogP contribution in [0.4, 0.5) is 5.69 Å². The molecule has 186 valence electrons. The van der Waals surface area contributed by atoms with Crippen LogP contribution < -0.4 is 30.2 Å². The number of rotatable bonds is 9. The van der Waals surface area contributed by atoms with E-state index in [0.717, 1.165) is 0 Å². The molecule has 0 spiro atoms. The lowest BCUT2D eigenvalue weighted by atomic mass is 9.95. The van der Waals surface area contributed by atoms with Gasteiger partial charge in [0.05, 0.1) is 38.1 Å². The maximum atomic E-state index is 12.7. The Morgan fingerprint density at radius 2 is 1.83 bits per heavy atom. The summed E-state index contributed by atoms with van der Waals surface area (Å²) in [4.78, 5) is 25.1. The van der Waals surface area contributed by atoms with Crippen molar-refractivity contribution in [1.82, 2.24) is 10.6 Å². The van der Waals surface area contributed by atoms with Crippen LogP contribution in [0.15, 0.2) is 52.1 Å². The number of amides is 1. The van der Waals surface area contributed by atoms with Crippen LogP contribution in [0.5, 0.6) is 17.2 Å². The number of anilines is 1. The minimum Gasteiger partial charge on any atom is -0.495 e. The number of benzene rings is 2. The van der Waals surface area contributed by atoms with E-state index < -0.39 is 12.0 Å². The standard InChI is InChI=1S/C24H26BrN3O6S/c1-5-33-23(30)21-13(2)26-24(35)28-22(21)14-10-18(32-4)19(11-15(14)25)34-12-20(29)27-16-8-6-7-9-17(16)31-3/h6-11,22H,5,12H2,1-4H3,(H,27,29)(H2,26,28,35)/t22-/m0/s1. The normalized spacial score (nSPS) is 15.0. The number of hydrogen-bond acceptors (Lipinski definition) is 7. The summed E-state index contributed by atoms with van der Waals surface area (Å²) >= 11 is 8.85. The van der Waals surface area contributed by atoms with Crippen LogP contribution in [0.3, 0.4) is 0 Å². The monoisotopic (exact) mass is 563 g/mol. The summed E-state index contributed by atoms with van der Waals surface area (Å²) in [6.45, 7) is 3.48. The van der Waals surface area contributed by atoms with Gasteiger partial charge >= 0.3 is 5.97 Å². The molecule has 1 amide bonds. The molecule has 9 nitrogen and oxygen atoms in total. The Morgan fingerprint density at radius 1 is 1.11 bits per heavy atom. The number of allylic oxidation sites excluding steroid dienone is 1. The molecule has 0 radical (unpaired) electrons. The van der Waals surface area contributed by atoms with Gasteiger partial charge in [0, 0.05) is 10.2 Å². The van der Waals surface area contributed by atoms with Crippen molar-refractivity contribution < 1.29 is 28.5 Å². The summed E-state index contributed by atoms with van der Waals surface area (Å²) in [5.74, 6) is 0.425. The number of halogens is 1. The van der Waals surface area contributed by atoms with E-state index in [4.69, 9.17) is 31.2 Å². The minimum absolute atomic E-state index is 0.237. The van der Waals surface area contributed by atoms with Gasteiger partial charge in [-0.3, -0.25) is 4.79 Å². The van der Waals surface area contributed by atoms with E-state index in [-0.39, 0.29) is 19.1 Å². The van der Waals surface area contributed by atoms with Crippen LogP contribution >= 0.6 is 28.1 Å². The highest BCUT2D eigenvalue weighted by Gasteiger charge is 2.33. The molecule has 0 saturated carbocycles. The first kappa shape index (κ1) is 26.3. The smallest absolute Gasteiger partial charge is 0.338 e. The first-order chi connectivity index (χ1) is 16.8. The quantitative estimate of drug-likeness (QED) is 0.310. The number of carbonyl (C=O) groups is 2. The van der Waals surface area contributed by atoms with Gasteiger partial charge in [-0.2, -0.15) is 0 Å². The Hall–Kier alpha value is -3.31. The highest BCUT2D eigenvalue weighted by atomic mass is 79.9. The van der Waals surface area contributed by atoms with Crippen LogP contribution in [-0.2, 0) is 14.3 Å². The molecule has 2 aromatic carbocycles. The van der Waals surface area contributed by atoms with Crippen LogP contribution in [0.2, 0.25) is 0 Å². The molecule has 0 fully saturated rings. The lowest BCUT2D eigenvalue weighted by molar-refractivity contribution is -0.139. The Labute approximate surface area is 217 Å². The van der Waals surface area contributed by atoms with Crippen molar-refractivity contribution in [3.8, 4) is 17.2 Å². The van der Waals surface area contributed by atoms with Crippen molar-refractivity contribution in [3.63, 3.8) is 0 Å². The van der Waals surface area contributed by atoms with Gasteiger partial charge in [0.25, 0.3) is 5.91 Å². The maximum Gasteiger partial charge on any atom is 0.338 e. The lowest BCUT2D eigenvalue weighted by Crippen LogP contribution is -2.45. The highest BCUT2D eigenvalue weighted by Crippen LogP contribution is 2.39. The molecule has 1 aliphatic heterocycles. The number of esters is 1. The molecule has 0 aromatic heterocycles. The number of methoxy groups -OCH3 is 2. The molecule has 2 aromatic rings. The summed E-state index contributed by atoms with van der Waals surface area (Å²) in [6.07, 6.45) is 0. The Balaban J connectivity index is 1.83. The first-order valence-corrected chi connectivity index (χ1v) is 11.9. The predicted molar refractivity (Wildman–Crippen MR) is 139 cm³/mol. The number of nitrogens with one attached hydrogen (secondary N) is 3. The second-order valence-corrected chi connectivity index (χ2v) is 8.61. The number of thiocarbonyl (C=S) groups is 1. The van der Waals surface area contributed by atoms with Gasteiger partial charge < -0.3 is 34.9 Å². The van der Waals surface area contributed by atoms with E-state index >= 15 is 0 Å². The summed E-state index contributed by atoms with van der Waals surface area (Å²) < 4.78 is 22.4. The van der Waals surface area contributed by atoms with E-state index in [1.165, 1.54) is 14.2 Å². The zero-order valence-electron chi connectivity index (χ0n) is 19.7. The molecular formula is C24H26BrN3O6S. The van der Waals surface area contributed by atoms with Gasteiger partial charge in [0.2, 0.25) is 0 Å². The third-order valence-electron chi connectivity index (χ3n) is 5.10. The second kappa shape index (κ2) is 11.9. The number of ether oxygens (including phenoxy) is 4. The number of para-hydroxylation sites is 2. The number of hydrogen-bond donors (Lipinski definition) is 3. The summed E-state index contributed by atoms with van der Waals surface area (Å²) in [6, 6.07) is 9.88. The molecule has 1 heterocycles. The molecule has 35 heavy (non-hydrogen) atoms. The fourth-order valence-electron chi connectivity index (χ4n) is 3.53. The molecule has 0 bridgehead atoms. The van der Waals surface area contributed by atoms with Crippen LogP contribution in [0, 0.1) is 0 Å². The predicted octanol–water partition coefficient (Wildman–Crippen LogP) is 3.84. The molecule has 0 saturated heterocycles. The summed E-state index contributed by atoms with van der Waals surface area (Å²) in [7, 11) is 3.02. The van der Waals surface area contributed by atoms with Gasteiger partial charge in [0.15, 0.2) is 23.2 Å². The second-order valence-electron chi connectivity index (χ2n) is 7.35. The first-order valence-electron chi connectivity index (χ1n) is 10.7. The zero-order chi connectivity index (χ0) is 25.5. The molecule has 1 atom stereocenters. The van der Waals surface area contributed by atoms with E-state index in [2.05, 4.69) is 31.9 Å². The Kier molecular flexibility index (Phi) is 8.94. The molecule has 1 aliphatic rings. The molecular weight excluding hydrogens is 538 g/mol. The number of carbonyl (C=O) groups excluding carboxylic acids is 2. The molecule has 3 rings (SSSR count). The Bertz CT molecular complexity index is 1170. The van der Waals surface area contributed by atoms with E-state index in [1.54, 1.807) is 44.2 Å². The van der Waals surface area contributed by atoms with Gasteiger partial charge in [0.1, 0.15) is 5.75 Å². The van der Waals surface area contributed by atoms with Crippen molar-refractivity contribution >= 4 is 50.8 Å². The summed E-state index contributed by atoms with van der Waals surface area (Å²) in [5.41, 5.74) is 2.21.